The summed E-state index contributed by atoms with van der Waals surface area (Å²) in [6.07, 6.45) is 0. The van der Waals surface area contributed by atoms with Crippen LogP contribution in [0.3, 0.4) is 0 Å². The second kappa shape index (κ2) is 4.95. The van der Waals surface area contributed by atoms with Gasteiger partial charge >= 0.3 is 5.69 Å². The van der Waals surface area contributed by atoms with Crippen LogP contribution in [0.4, 0.5) is 11.6 Å². The van der Waals surface area contributed by atoms with Gasteiger partial charge in [-0.3, -0.25) is 19.9 Å². The van der Waals surface area contributed by atoms with Crippen molar-refractivity contribution in [1.29, 1.82) is 0 Å². The van der Waals surface area contributed by atoms with Gasteiger partial charge in [0, 0.05) is 21.6 Å². The van der Waals surface area contributed by atoms with Crippen molar-refractivity contribution in [2.75, 3.05) is 5.32 Å². The molecule has 0 amide bonds. The van der Waals surface area contributed by atoms with Gasteiger partial charge in [0.15, 0.2) is 5.82 Å². The second-order valence-corrected chi connectivity index (χ2v) is 6.33. The lowest BCUT2D eigenvalue weighted by molar-refractivity contribution is 0.881. The summed E-state index contributed by atoms with van der Waals surface area (Å²) in [6, 6.07) is 7.74. The molecule has 116 valence electrons. The maximum Gasteiger partial charge on any atom is 0.327 e. The molecule has 0 saturated heterocycles. The monoisotopic (exact) mass is 373 g/mol. The largest absolute Gasteiger partial charge is 0.327 e. The third kappa shape index (κ3) is 2.14. The first-order valence-electron chi connectivity index (χ1n) is 6.98. The van der Waals surface area contributed by atoms with Crippen LogP contribution < -0.4 is 16.6 Å². The molecule has 23 heavy (non-hydrogen) atoms. The highest BCUT2D eigenvalue weighted by molar-refractivity contribution is 9.10. The Bertz CT molecular complexity index is 1020. The molecular weight excluding hydrogens is 362 g/mol. The lowest BCUT2D eigenvalue weighted by Crippen LogP contribution is -2.31. The minimum Gasteiger partial charge on any atom is -0.324 e. The zero-order chi connectivity index (χ0) is 16.1. The number of aromatic amines is 3. The number of nitrogens with zero attached hydrogens (tertiary/aromatic N) is 1. The molecule has 0 saturated carbocycles. The number of fused-ring (bicyclic) bond motifs is 2. The van der Waals surface area contributed by atoms with Crippen LogP contribution in [-0.4, -0.2) is 20.2 Å². The number of aromatic nitrogens is 4. The summed E-state index contributed by atoms with van der Waals surface area (Å²) in [5.74, 6) is 0.684. The molecular formula is C15H12BrN5O2. The summed E-state index contributed by atoms with van der Waals surface area (Å²) >= 11 is 3.42. The van der Waals surface area contributed by atoms with Crippen LogP contribution in [0.1, 0.15) is 28.3 Å². The quantitative estimate of drug-likeness (QED) is 0.409. The molecule has 0 bridgehead atoms. The van der Waals surface area contributed by atoms with Crippen molar-refractivity contribution in [2.45, 2.75) is 12.8 Å². The Kier molecular flexibility index (Phi) is 3.02. The molecule has 0 aliphatic carbocycles. The number of rotatable bonds is 1. The number of anilines is 2. The molecule has 0 radical (unpaired) electrons. The molecule has 3 aromatic rings. The van der Waals surface area contributed by atoms with Gasteiger partial charge in [0.05, 0.1) is 5.56 Å². The maximum absolute atomic E-state index is 12.4. The summed E-state index contributed by atoms with van der Waals surface area (Å²) < 4.78 is 0.954. The van der Waals surface area contributed by atoms with Crippen molar-refractivity contribution in [3.8, 4) is 0 Å². The fraction of sp³-hybridized carbons (Fsp3) is 0.133. The Morgan fingerprint density at radius 1 is 1.09 bits per heavy atom. The molecule has 0 fully saturated rings. The van der Waals surface area contributed by atoms with E-state index in [4.69, 9.17) is 0 Å². The number of H-pyrrole nitrogens is 3. The molecule has 4 rings (SSSR count). The van der Waals surface area contributed by atoms with Crippen molar-refractivity contribution >= 4 is 27.6 Å². The highest BCUT2D eigenvalue weighted by Gasteiger charge is 2.33. The topological polar surface area (TPSA) is 106 Å². The molecule has 1 atom stereocenters. The molecule has 2 aromatic heterocycles. The van der Waals surface area contributed by atoms with Crippen LogP contribution in [0.5, 0.6) is 0 Å². The Hall–Kier alpha value is -2.61. The molecule has 1 aromatic carbocycles. The van der Waals surface area contributed by atoms with Crippen LogP contribution in [0.25, 0.3) is 0 Å². The summed E-state index contributed by atoms with van der Waals surface area (Å²) in [7, 11) is 0. The van der Waals surface area contributed by atoms with Gasteiger partial charge in [-0.25, -0.2) is 4.79 Å². The molecule has 0 unspecified atom stereocenters. The highest BCUT2D eigenvalue weighted by Crippen LogP contribution is 2.42. The van der Waals surface area contributed by atoms with Gasteiger partial charge in [-0.2, -0.15) is 5.10 Å². The van der Waals surface area contributed by atoms with Crippen molar-refractivity contribution in [3.63, 3.8) is 0 Å². The molecule has 4 N–H and O–H groups in total. The van der Waals surface area contributed by atoms with E-state index in [1.807, 2.05) is 31.2 Å². The van der Waals surface area contributed by atoms with Crippen molar-refractivity contribution in [1.82, 2.24) is 20.2 Å². The van der Waals surface area contributed by atoms with E-state index in [2.05, 4.69) is 41.4 Å². The van der Waals surface area contributed by atoms with Gasteiger partial charge in [-0.1, -0.05) is 28.1 Å². The zero-order valence-electron chi connectivity index (χ0n) is 12.0. The predicted octanol–water partition coefficient (Wildman–Crippen LogP) is 2.09. The molecule has 1 aliphatic heterocycles. The number of benzene rings is 1. The lowest BCUT2D eigenvalue weighted by atomic mass is 9.83. The van der Waals surface area contributed by atoms with E-state index in [0.717, 1.165) is 21.3 Å². The highest BCUT2D eigenvalue weighted by atomic mass is 79.9. The number of hydrogen-bond donors (Lipinski definition) is 4. The Balaban J connectivity index is 2.04. The second-order valence-electron chi connectivity index (χ2n) is 5.42. The predicted molar refractivity (Wildman–Crippen MR) is 89.4 cm³/mol. The van der Waals surface area contributed by atoms with Crippen molar-refractivity contribution < 1.29 is 0 Å². The average molecular weight is 374 g/mol. The summed E-state index contributed by atoms with van der Waals surface area (Å²) in [5.41, 5.74) is 2.24. The third-order valence-electron chi connectivity index (χ3n) is 4.00. The smallest absolute Gasteiger partial charge is 0.324 e. The third-order valence-corrected chi connectivity index (χ3v) is 4.53. The first kappa shape index (κ1) is 14.0. The van der Waals surface area contributed by atoms with Gasteiger partial charge in [0.2, 0.25) is 0 Å². The van der Waals surface area contributed by atoms with Crippen LogP contribution in [0, 0.1) is 6.92 Å². The van der Waals surface area contributed by atoms with E-state index in [-0.39, 0.29) is 5.92 Å². The Morgan fingerprint density at radius 2 is 1.83 bits per heavy atom. The molecule has 1 aliphatic rings. The molecule has 0 spiro atoms. The van der Waals surface area contributed by atoms with E-state index in [0.29, 0.717) is 17.2 Å². The molecule has 7 nitrogen and oxygen atoms in total. The number of aryl methyl sites for hydroxylation is 1. The van der Waals surface area contributed by atoms with Crippen molar-refractivity contribution in [2.24, 2.45) is 0 Å². The SMILES string of the molecule is Cc1[nH]nc2c1[C@@H](c1ccc(Br)cc1)c1c([nH]c(=O)[nH]c1=O)N2. The van der Waals surface area contributed by atoms with E-state index in [1.165, 1.54) is 0 Å². The van der Waals surface area contributed by atoms with Gasteiger partial charge in [-0.15, -0.1) is 0 Å². The normalized spacial score (nSPS) is 15.7. The average Bonchev–Trinajstić information content (AvgIpc) is 2.87. The summed E-state index contributed by atoms with van der Waals surface area (Å²) in [5, 5.41) is 10.2. The van der Waals surface area contributed by atoms with Crippen LogP contribution >= 0.6 is 15.9 Å². The van der Waals surface area contributed by atoms with Gasteiger partial charge in [0.1, 0.15) is 5.82 Å². The maximum atomic E-state index is 12.4. The van der Waals surface area contributed by atoms with E-state index in [9.17, 15) is 9.59 Å². The molecule has 3 heterocycles. The number of halogens is 1. The fourth-order valence-electron chi connectivity index (χ4n) is 3.01. The van der Waals surface area contributed by atoms with Gasteiger partial charge in [-0.05, 0) is 24.6 Å². The van der Waals surface area contributed by atoms with Crippen molar-refractivity contribution in [3.05, 3.63) is 72.0 Å². The minimum atomic E-state index is -0.550. The Labute approximate surface area is 138 Å². The van der Waals surface area contributed by atoms with E-state index >= 15 is 0 Å². The summed E-state index contributed by atoms with van der Waals surface area (Å²) in [6.45, 7) is 1.91. The fourth-order valence-corrected chi connectivity index (χ4v) is 3.27. The number of nitrogens with one attached hydrogen (secondary N) is 4. The van der Waals surface area contributed by atoms with Crippen LogP contribution in [0.15, 0.2) is 38.3 Å². The zero-order valence-corrected chi connectivity index (χ0v) is 13.6. The van der Waals surface area contributed by atoms with E-state index in [1.54, 1.807) is 0 Å². The van der Waals surface area contributed by atoms with Crippen LogP contribution in [0.2, 0.25) is 0 Å². The summed E-state index contributed by atoms with van der Waals surface area (Å²) in [4.78, 5) is 29.0. The molecule has 8 heteroatoms. The lowest BCUT2D eigenvalue weighted by Gasteiger charge is -2.25. The van der Waals surface area contributed by atoms with Gasteiger partial charge < -0.3 is 5.32 Å². The Morgan fingerprint density at radius 3 is 2.57 bits per heavy atom. The van der Waals surface area contributed by atoms with Gasteiger partial charge in [0.25, 0.3) is 5.56 Å². The minimum absolute atomic E-state index is 0.311. The van der Waals surface area contributed by atoms with Crippen LogP contribution in [-0.2, 0) is 0 Å². The first-order chi connectivity index (χ1) is 11.0. The number of hydrogen-bond acceptors (Lipinski definition) is 4. The standard InChI is InChI=1S/C15H12BrN5O2/c1-6-9-10(7-2-4-8(16)5-3-7)11-12(17-13(9)21-20-6)18-15(23)19-14(11)22/h2-5,10H,1H3,(H4,17,18,19,20,21,22,23)/t10-/m1/s1. The van der Waals surface area contributed by atoms with E-state index < -0.39 is 11.2 Å². The first-order valence-corrected chi connectivity index (χ1v) is 7.77.